The molecule has 9 heteroatoms. The number of oxazole rings is 1. The van der Waals surface area contributed by atoms with E-state index in [0.29, 0.717) is 18.5 Å². The Morgan fingerprint density at radius 3 is 2.67 bits per heavy atom. The summed E-state index contributed by atoms with van der Waals surface area (Å²) in [5.74, 6) is 0.0458. The molecule has 1 aromatic heterocycles. The molecule has 1 atom stereocenters. The molecule has 1 amide bonds. The molecular weight excluding hydrogens is 390 g/mol. The molecule has 1 unspecified atom stereocenters. The second-order valence-electron chi connectivity index (χ2n) is 6.82. The first-order chi connectivity index (χ1) is 14.4. The van der Waals surface area contributed by atoms with Crippen molar-refractivity contribution in [2.24, 2.45) is 0 Å². The van der Waals surface area contributed by atoms with E-state index in [2.05, 4.69) is 5.32 Å². The van der Waals surface area contributed by atoms with Crippen molar-refractivity contribution in [3.63, 3.8) is 0 Å². The van der Waals surface area contributed by atoms with Crippen molar-refractivity contribution in [3.8, 4) is 5.75 Å². The number of aryl methyl sites for hydroxylation is 1. The molecule has 3 rings (SSSR count). The lowest BCUT2D eigenvalue weighted by Gasteiger charge is -2.15. The van der Waals surface area contributed by atoms with Crippen LogP contribution in [0, 0.1) is 10.1 Å². The van der Waals surface area contributed by atoms with E-state index in [0.717, 1.165) is 11.3 Å². The first kappa shape index (κ1) is 21.1. The van der Waals surface area contributed by atoms with E-state index in [1.54, 1.807) is 0 Å². The maximum atomic E-state index is 12.3. The van der Waals surface area contributed by atoms with Crippen molar-refractivity contribution < 1.29 is 18.9 Å². The number of nitro groups is 1. The Morgan fingerprint density at radius 2 is 2.00 bits per heavy atom. The molecule has 0 aliphatic rings. The molecule has 0 aliphatic carbocycles. The number of aromatic nitrogens is 1. The number of carbonyl (C=O) groups is 1. The predicted molar refractivity (Wildman–Crippen MR) is 111 cm³/mol. The van der Waals surface area contributed by atoms with Gasteiger partial charge in [0.05, 0.1) is 29.2 Å². The lowest BCUT2D eigenvalue weighted by molar-refractivity contribution is -0.384. The average molecular weight is 413 g/mol. The first-order valence-electron chi connectivity index (χ1n) is 9.69. The monoisotopic (exact) mass is 413 g/mol. The highest BCUT2D eigenvalue weighted by Gasteiger charge is 2.15. The van der Waals surface area contributed by atoms with E-state index in [-0.39, 0.29) is 36.2 Å². The summed E-state index contributed by atoms with van der Waals surface area (Å²) in [5.41, 5.74) is 1.44. The summed E-state index contributed by atoms with van der Waals surface area (Å²) in [5, 5.41) is 13.8. The zero-order valence-corrected chi connectivity index (χ0v) is 16.8. The van der Waals surface area contributed by atoms with E-state index in [9.17, 15) is 19.7 Å². The van der Waals surface area contributed by atoms with E-state index >= 15 is 0 Å². The number of hydrogen-bond acceptors (Lipinski definition) is 6. The number of benzene rings is 2. The molecule has 158 valence electrons. The van der Waals surface area contributed by atoms with Crippen LogP contribution in [0.25, 0.3) is 11.1 Å². The molecular formula is C21H23N3O6. The number of non-ortho nitro benzene ring substituents is 1. The smallest absolute Gasteiger partial charge is 0.419 e. The second-order valence-corrected chi connectivity index (χ2v) is 6.82. The minimum Gasteiger partial charge on any atom is -0.494 e. The average Bonchev–Trinajstić information content (AvgIpc) is 3.03. The number of amides is 1. The number of nitro benzene ring substituents is 1. The van der Waals surface area contributed by atoms with E-state index < -0.39 is 10.7 Å². The van der Waals surface area contributed by atoms with Crippen molar-refractivity contribution in [2.75, 3.05) is 6.61 Å². The molecule has 30 heavy (non-hydrogen) atoms. The van der Waals surface area contributed by atoms with E-state index in [1.807, 2.05) is 38.1 Å². The van der Waals surface area contributed by atoms with Crippen LogP contribution in [0.5, 0.6) is 5.75 Å². The number of carbonyl (C=O) groups excluding carboxylic acids is 1. The maximum absolute atomic E-state index is 12.3. The number of hydrogen-bond donors (Lipinski definition) is 1. The van der Waals surface area contributed by atoms with Crippen LogP contribution in [-0.4, -0.2) is 22.0 Å². The second kappa shape index (κ2) is 9.25. The van der Waals surface area contributed by atoms with Crippen molar-refractivity contribution in [2.45, 2.75) is 39.3 Å². The Labute approximate surface area is 172 Å². The van der Waals surface area contributed by atoms with Crippen LogP contribution in [0.15, 0.2) is 51.7 Å². The Balaban J connectivity index is 1.56. The molecule has 0 saturated heterocycles. The molecule has 1 N–H and O–H groups in total. The summed E-state index contributed by atoms with van der Waals surface area (Å²) in [4.78, 5) is 34.6. The van der Waals surface area contributed by atoms with Gasteiger partial charge in [-0.05, 0) is 44.0 Å². The van der Waals surface area contributed by atoms with Gasteiger partial charge in [0.25, 0.3) is 5.69 Å². The molecule has 0 radical (unpaired) electrons. The summed E-state index contributed by atoms with van der Waals surface area (Å²) < 4.78 is 11.9. The van der Waals surface area contributed by atoms with Gasteiger partial charge in [0.2, 0.25) is 5.91 Å². The molecule has 0 saturated carbocycles. The van der Waals surface area contributed by atoms with Crippen LogP contribution in [0.1, 0.15) is 38.3 Å². The molecule has 0 bridgehead atoms. The zero-order chi connectivity index (χ0) is 21.7. The lowest BCUT2D eigenvalue weighted by Crippen LogP contribution is -2.27. The molecule has 3 aromatic rings. The normalized spacial score (nSPS) is 11.9. The van der Waals surface area contributed by atoms with Gasteiger partial charge in [-0.25, -0.2) is 4.79 Å². The third-order valence-corrected chi connectivity index (χ3v) is 4.72. The Bertz CT molecular complexity index is 1100. The van der Waals surface area contributed by atoms with Crippen LogP contribution in [-0.2, 0) is 11.3 Å². The van der Waals surface area contributed by atoms with Gasteiger partial charge in [0.15, 0.2) is 5.58 Å². The van der Waals surface area contributed by atoms with Gasteiger partial charge in [-0.2, -0.15) is 0 Å². The summed E-state index contributed by atoms with van der Waals surface area (Å²) in [7, 11) is 0. The fraction of sp³-hybridized carbons (Fsp3) is 0.333. The van der Waals surface area contributed by atoms with Crippen molar-refractivity contribution in [3.05, 3.63) is 68.7 Å². The third-order valence-electron chi connectivity index (χ3n) is 4.72. The lowest BCUT2D eigenvalue weighted by atomic mass is 10.1. The minimum atomic E-state index is -0.603. The number of nitrogens with one attached hydrogen (secondary N) is 1. The number of fused-ring (bicyclic) bond motifs is 1. The number of nitrogens with zero attached hydrogens (tertiary/aromatic N) is 2. The highest BCUT2D eigenvalue weighted by atomic mass is 16.6. The summed E-state index contributed by atoms with van der Waals surface area (Å²) >= 11 is 0. The third kappa shape index (κ3) is 4.86. The SMILES string of the molecule is CCOc1ccc(C(C)NC(=O)CCCn2c(=O)oc3cc([N+](=O)[O-])ccc32)cc1. The van der Waals surface area contributed by atoms with Gasteiger partial charge in [0.1, 0.15) is 5.75 Å². The van der Waals surface area contributed by atoms with Crippen molar-refractivity contribution in [1.82, 2.24) is 9.88 Å². The topological polar surface area (TPSA) is 117 Å². The van der Waals surface area contributed by atoms with Gasteiger partial charge in [-0.3, -0.25) is 19.5 Å². The van der Waals surface area contributed by atoms with Crippen molar-refractivity contribution in [1.29, 1.82) is 0 Å². The molecule has 1 heterocycles. The van der Waals surface area contributed by atoms with Gasteiger partial charge < -0.3 is 14.5 Å². The van der Waals surface area contributed by atoms with Crippen LogP contribution in [0.4, 0.5) is 5.69 Å². The Hall–Kier alpha value is -3.62. The van der Waals surface area contributed by atoms with Crippen LogP contribution < -0.4 is 15.8 Å². The van der Waals surface area contributed by atoms with E-state index in [4.69, 9.17) is 9.15 Å². The molecule has 0 fully saturated rings. The van der Waals surface area contributed by atoms with Gasteiger partial charge in [0, 0.05) is 19.0 Å². The molecule has 2 aromatic carbocycles. The van der Waals surface area contributed by atoms with Gasteiger partial charge >= 0.3 is 5.76 Å². The molecule has 0 spiro atoms. The van der Waals surface area contributed by atoms with Crippen LogP contribution in [0.2, 0.25) is 0 Å². The summed E-state index contributed by atoms with van der Waals surface area (Å²) in [6, 6.07) is 11.4. The summed E-state index contributed by atoms with van der Waals surface area (Å²) in [6.45, 7) is 4.68. The van der Waals surface area contributed by atoms with Crippen LogP contribution in [0.3, 0.4) is 0 Å². The largest absolute Gasteiger partial charge is 0.494 e. The molecule has 0 aliphatic heterocycles. The fourth-order valence-corrected chi connectivity index (χ4v) is 3.19. The molecule has 9 nitrogen and oxygen atoms in total. The number of ether oxygens (including phenoxy) is 1. The minimum absolute atomic E-state index is 0.132. The van der Waals surface area contributed by atoms with Gasteiger partial charge in [-0.1, -0.05) is 12.1 Å². The maximum Gasteiger partial charge on any atom is 0.419 e. The Kier molecular flexibility index (Phi) is 6.51. The van der Waals surface area contributed by atoms with Crippen molar-refractivity contribution >= 4 is 22.7 Å². The van der Waals surface area contributed by atoms with Crippen LogP contribution >= 0.6 is 0 Å². The Morgan fingerprint density at radius 1 is 1.27 bits per heavy atom. The fourth-order valence-electron chi connectivity index (χ4n) is 3.19. The first-order valence-corrected chi connectivity index (χ1v) is 9.69. The quantitative estimate of drug-likeness (QED) is 0.423. The zero-order valence-electron chi connectivity index (χ0n) is 16.8. The van der Waals surface area contributed by atoms with E-state index in [1.165, 1.54) is 22.8 Å². The number of rotatable bonds is 9. The highest BCUT2D eigenvalue weighted by molar-refractivity contribution is 5.77. The van der Waals surface area contributed by atoms with Gasteiger partial charge in [-0.15, -0.1) is 0 Å². The predicted octanol–water partition coefficient (Wildman–Crippen LogP) is 3.56. The highest BCUT2D eigenvalue weighted by Crippen LogP contribution is 2.21. The summed E-state index contributed by atoms with van der Waals surface area (Å²) in [6.07, 6.45) is 0.654. The standard InChI is InChI=1S/C21H23N3O6/c1-3-29-17-9-6-15(7-10-17)14(2)22-20(25)5-4-12-23-18-11-8-16(24(27)28)13-19(18)30-21(23)26/h6-11,13-14H,3-5,12H2,1-2H3,(H,22,25).